The monoisotopic (exact) mass is 357 g/mol. The number of halogens is 2. The molecular formula is C19H17ClFN3O. The second-order valence-electron chi connectivity index (χ2n) is 5.71. The molecule has 0 saturated heterocycles. The van der Waals surface area contributed by atoms with Gasteiger partial charge in [0, 0.05) is 11.6 Å². The van der Waals surface area contributed by atoms with Gasteiger partial charge >= 0.3 is 0 Å². The highest BCUT2D eigenvalue weighted by Crippen LogP contribution is 2.19. The summed E-state index contributed by atoms with van der Waals surface area (Å²) in [6.45, 7) is 3.87. The molecule has 1 N–H and O–H groups in total. The van der Waals surface area contributed by atoms with Gasteiger partial charge in [0.1, 0.15) is 5.82 Å². The second kappa shape index (κ2) is 7.07. The molecule has 6 heteroatoms. The third-order valence-electron chi connectivity index (χ3n) is 3.97. The summed E-state index contributed by atoms with van der Waals surface area (Å²) in [6.07, 6.45) is 0. The zero-order valence-electron chi connectivity index (χ0n) is 13.9. The zero-order chi connectivity index (χ0) is 18.0. The van der Waals surface area contributed by atoms with Crippen LogP contribution in [-0.2, 0) is 6.54 Å². The summed E-state index contributed by atoms with van der Waals surface area (Å²) in [5.74, 6) is -0.645. The number of benzene rings is 2. The van der Waals surface area contributed by atoms with Crippen molar-refractivity contribution in [2.45, 2.75) is 20.4 Å². The lowest BCUT2D eigenvalue weighted by molar-refractivity contribution is 0.0949. The van der Waals surface area contributed by atoms with Gasteiger partial charge in [-0.3, -0.25) is 4.79 Å². The summed E-state index contributed by atoms with van der Waals surface area (Å²) in [5.41, 5.74) is 3.48. The molecule has 4 nitrogen and oxygen atoms in total. The van der Waals surface area contributed by atoms with E-state index in [9.17, 15) is 9.18 Å². The molecule has 1 aromatic heterocycles. The van der Waals surface area contributed by atoms with Gasteiger partial charge in [-0.05, 0) is 43.7 Å². The molecule has 3 aromatic rings. The van der Waals surface area contributed by atoms with Gasteiger partial charge in [0.15, 0.2) is 0 Å². The van der Waals surface area contributed by atoms with E-state index in [0.717, 1.165) is 11.4 Å². The van der Waals surface area contributed by atoms with E-state index < -0.39 is 5.82 Å². The molecule has 3 rings (SSSR count). The number of nitrogens with one attached hydrogen (secondary N) is 1. The molecule has 0 radical (unpaired) electrons. The highest BCUT2D eigenvalue weighted by Gasteiger charge is 2.19. The minimum atomic E-state index is -0.407. The largest absolute Gasteiger partial charge is 0.348 e. The van der Waals surface area contributed by atoms with Crippen molar-refractivity contribution in [2.75, 3.05) is 0 Å². The molecule has 0 fully saturated rings. The third-order valence-corrected chi connectivity index (χ3v) is 4.33. The number of amides is 1. The maximum absolute atomic E-state index is 13.1. The van der Waals surface area contributed by atoms with Crippen LogP contribution in [0.15, 0.2) is 48.5 Å². The Hall–Kier alpha value is -2.66. The average Bonchev–Trinajstić information content (AvgIpc) is 2.89. The maximum Gasteiger partial charge on any atom is 0.255 e. The van der Waals surface area contributed by atoms with Crippen LogP contribution in [0.5, 0.6) is 0 Å². The Balaban J connectivity index is 1.82. The van der Waals surface area contributed by atoms with Gasteiger partial charge in [-0.2, -0.15) is 5.10 Å². The normalized spacial score (nSPS) is 10.7. The van der Waals surface area contributed by atoms with Crippen molar-refractivity contribution >= 4 is 17.5 Å². The van der Waals surface area contributed by atoms with Crippen molar-refractivity contribution in [3.63, 3.8) is 0 Å². The number of carbonyl (C=O) groups is 1. The van der Waals surface area contributed by atoms with Crippen LogP contribution in [0, 0.1) is 19.7 Å². The lowest BCUT2D eigenvalue weighted by Gasteiger charge is -2.08. The first-order valence-corrected chi connectivity index (χ1v) is 8.19. The van der Waals surface area contributed by atoms with E-state index in [-0.39, 0.29) is 17.5 Å². The summed E-state index contributed by atoms with van der Waals surface area (Å²) in [4.78, 5) is 12.6. The maximum atomic E-state index is 13.1. The van der Waals surface area contributed by atoms with Crippen LogP contribution < -0.4 is 5.32 Å². The summed E-state index contributed by atoms with van der Waals surface area (Å²) >= 11 is 6.00. The molecule has 0 aliphatic heterocycles. The molecule has 0 unspecified atom stereocenters. The van der Waals surface area contributed by atoms with E-state index >= 15 is 0 Å². The van der Waals surface area contributed by atoms with Gasteiger partial charge in [-0.25, -0.2) is 9.07 Å². The molecule has 0 saturated carbocycles. The molecule has 0 bridgehead atoms. The SMILES string of the molecule is Cc1nn(-c2ccccc2)c(C)c1C(=O)NCc1ccc(F)cc1Cl. The van der Waals surface area contributed by atoms with Crippen molar-refractivity contribution < 1.29 is 9.18 Å². The highest BCUT2D eigenvalue weighted by atomic mass is 35.5. The Labute approximate surface area is 150 Å². The fraction of sp³-hybridized carbons (Fsp3) is 0.158. The number of rotatable bonds is 4. The van der Waals surface area contributed by atoms with Gasteiger partial charge in [-0.1, -0.05) is 35.9 Å². The number of hydrogen-bond donors (Lipinski definition) is 1. The smallest absolute Gasteiger partial charge is 0.255 e. The Morgan fingerprint density at radius 2 is 1.92 bits per heavy atom. The van der Waals surface area contributed by atoms with Crippen molar-refractivity contribution in [1.29, 1.82) is 0 Å². The molecule has 25 heavy (non-hydrogen) atoms. The lowest BCUT2D eigenvalue weighted by atomic mass is 10.1. The van der Waals surface area contributed by atoms with Crippen LogP contribution in [0.4, 0.5) is 4.39 Å². The van der Waals surface area contributed by atoms with Crippen molar-refractivity contribution in [2.24, 2.45) is 0 Å². The fourth-order valence-electron chi connectivity index (χ4n) is 2.72. The average molecular weight is 358 g/mol. The minimum absolute atomic E-state index is 0.216. The molecule has 1 heterocycles. The van der Waals surface area contributed by atoms with Crippen molar-refractivity contribution in [3.05, 3.63) is 81.9 Å². The standard InChI is InChI=1S/C19H17ClFN3O/c1-12-18(13(2)24(23-12)16-6-4-3-5-7-16)19(25)22-11-14-8-9-15(21)10-17(14)20/h3-10H,11H2,1-2H3,(H,22,25). The number of aryl methyl sites for hydroxylation is 1. The van der Waals surface area contributed by atoms with E-state index in [0.29, 0.717) is 16.8 Å². The van der Waals surface area contributed by atoms with Gasteiger partial charge in [0.2, 0.25) is 0 Å². The predicted octanol–water partition coefficient (Wildman–Crippen LogP) is 4.21. The summed E-state index contributed by atoms with van der Waals surface area (Å²) in [7, 11) is 0. The van der Waals surface area contributed by atoms with Crippen LogP contribution in [0.3, 0.4) is 0 Å². The number of aromatic nitrogens is 2. The first-order chi connectivity index (χ1) is 12.0. The first kappa shape index (κ1) is 17.2. The van der Waals surface area contributed by atoms with E-state index in [1.165, 1.54) is 12.1 Å². The van der Waals surface area contributed by atoms with Crippen LogP contribution >= 0.6 is 11.6 Å². The molecule has 2 aromatic carbocycles. The molecule has 0 aliphatic carbocycles. The summed E-state index contributed by atoms with van der Waals surface area (Å²) < 4.78 is 14.8. The highest BCUT2D eigenvalue weighted by molar-refractivity contribution is 6.31. The molecule has 1 amide bonds. The first-order valence-electron chi connectivity index (χ1n) is 7.81. The van der Waals surface area contributed by atoms with Crippen molar-refractivity contribution in [1.82, 2.24) is 15.1 Å². The van der Waals surface area contributed by atoms with Crippen LogP contribution in [0.1, 0.15) is 27.3 Å². The Morgan fingerprint density at radius 3 is 2.60 bits per heavy atom. The lowest BCUT2D eigenvalue weighted by Crippen LogP contribution is -2.24. The van der Waals surface area contributed by atoms with Crippen LogP contribution in [-0.4, -0.2) is 15.7 Å². The predicted molar refractivity (Wildman–Crippen MR) is 95.6 cm³/mol. The van der Waals surface area contributed by atoms with Crippen molar-refractivity contribution in [3.8, 4) is 5.69 Å². The van der Waals surface area contributed by atoms with E-state index in [1.54, 1.807) is 17.7 Å². The second-order valence-corrected chi connectivity index (χ2v) is 6.12. The quantitative estimate of drug-likeness (QED) is 0.760. The number of para-hydroxylation sites is 1. The Morgan fingerprint density at radius 1 is 1.20 bits per heavy atom. The molecule has 0 aliphatic rings. The summed E-state index contributed by atoms with van der Waals surface area (Å²) in [5, 5.41) is 7.57. The zero-order valence-corrected chi connectivity index (χ0v) is 14.6. The number of carbonyl (C=O) groups excluding carboxylic acids is 1. The number of hydrogen-bond acceptors (Lipinski definition) is 2. The third kappa shape index (κ3) is 3.56. The van der Waals surface area contributed by atoms with Gasteiger partial charge < -0.3 is 5.32 Å². The van der Waals surface area contributed by atoms with E-state index in [4.69, 9.17) is 11.6 Å². The van der Waals surface area contributed by atoms with Gasteiger partial charge in [-0.15, -0.1) is 0 Å². The molecular weight excluding hydrogens is 341 g/mol. The van der Waals surface area contributed by atoms with E-state index in [2.05, 4.69) is 10.4 Å². The fourth-order valence-corrected chi connectivity index (χ4v) is 2.95. The molecule has 0 atom stereocenters. The molecule has 128 valence electrons. The topological polar surface area (TPSA) is 46.9 Å². The van der Waals surface area contributed by atoms with Gasteiger partial charge in [0.25, 0.3) is 5.91 Å². The van der Waals surface area contributed by atoms with Gasteiger partial charge in [0.05, 0.1) is 22.6 Å². The van der Waals surface area contributed by atoms with Crippen LogP contribution in [0.25, 0.3) is 5.69 Å². The minimum Gasteiger partial charge on any atom is -0.348 e. The molecule has 0 spiro atoms. The van der Waals surface area contributed by atoms with E-state index in [1.807, 2.05) is 37.3 Å². The Kier molecular flexibility index (Phi) is 4.86. The number of nitrogens with zero attached hydrogens (tertiary/aromatic N) is 2. The Bertz CT molecular complexity index is 922. The summed E-state index contributed by atoms with van der Waals surface area (Å²) in [6, 6.07) is 13.7. The van der Waals surface area contributed by atoms with Crippen LogP contribution in [0.2, 0.25) is 5.02 Å².